The smallest absolute Gasteiger partial charge is 0.264 e. The zero-order valence-corrected chi connectivity index (χ0v) is 12.8. The zero-order chi connectivity index (χ0) is 13.9. The van der Waals surface area contributed by atoms with Crippen LogP contribution < -0.4 is 0 Å². The molecule has 0 spiro atoms. The summed E-state index contributed by atoms with van der Waals surface area (Å²) in [6.07, 6.45) is 8.98. The average molecular weight is 293 g/mol. The Balaban J connectivity index is 1.75. The summed E-state index contributed by atoms with van der Waals surface area (Å²) in [7, 11) is 0. The van der Waals surface area contributed by atoms with Crippen LogP contribution in [0, 0.1) is 0 Å². The predicted molar refractivity (Wildman–Crippen MR) is 81.3 cm³/mol. The predicted octanol–water partition coefficient (Wildman–Crippen LogP) is 3.00. The Morgan fingerprint density at radius 3 is 2.75 bits per heavy atom. The van der Waals surface area contributed by atoms with E-state index in [0.717, 1.165) is 30.6 Å². The van der Waals surface area contributed by atoms with Crippen LogP contribution in [0.5, 0.6) is 0 Å². The lowest BCUT2D eigenvalue weighted by Crippen LogP contribution is -2.44. The number of aliphatic hydroxyl groups is 1. The summed E-state index contributed by atoms with van der Waals surface area (Å²) in [6.45, 7) is 0.861. The maximum Gasteiger partial charge on any atom is 0.264 e. The van der Waals surface area contributed by atoms with E-state index in [9.17, 15) is 4.79 Å². The molecule has 20 heavy (non-hydrogen) atoms. The van der Waals surface area contributed by atoms with Crippen molar-refractivity contribution < 1.29 is 9.90 Å². The van der Waals surface area contributed by atoms with Gasteiger partial charge in [-0.05, 0) is 63.0 Å². The van der Waals surface area contributed by atoms with Crippen molar-refractivity contribution in [2.24, 2.45) is 0 Å². The number of rotatable bonds is 5. The monoisotopic (exact) mass is 293 g/mol. The quantitative estimate of drug-likeness (QED) is 0.906. The van der Waals surface area contributed by atoms with Crippen molar-refractivity contribution in [2.75, 3.05) is 13.2 Å². The summed E-state index contributed by atoms with van der Waals surface area (Å²) in [6, 6.07) is 2.54. The maximum atomic E-state index is 12.8. The fraction of sp³-hybridized carbons (Fsp3) is 0.688. The van der Waals surface area contributed by atoms with E-state index in [0.29, 0.717) is 19.0 Å². The summed E-state index contributed by atoms with van der Waals surface area (Å²) in [5.74, 6) is 0.197. The number of hydrogen-bond donors (Lipinski definition) is 1. The first-order chi connectivity index (χ1) is 9.79. The van der Waals surface area contributed by atoms with Crippen molar-refractivity contribution in [3.63, 3.8) is 0 Å². The highest BCUT2D eigenvalue weighted by Gasteiger charge is 2.30. The van der Waals surface area contributed by atoms with Crippen molar-refractivity contribution in [1.29, 1.82) is 0 Å². The molecule has 3 nitrogen and oxygen atoms in total. The first-order valence-corrected chi connectivity index (χ1v) is 8.64. The largest absolute Gasteiger partial charge is 0.396 e. The molecule has 1 aromatic rings. The summed E-state index contributed by atoms with van der Waals surface area (Å²) < 4.78 is 0. The minimum absolute atomic E-state index is 0.164. The van der Waals surface area contributed by atoms with Crippen LogP contribution >= 0.6 is 11.3 Å². The number of thiophene rings is 1. The van der Waals surface area contributed by atoms with Gasteiger partial charge in [0.2, 0.25) is 0 Å². The number of amides is 1. The van der Waals surface area contributed by atoms with Crippen LogP contribution in [0.15, 0.2) is 6.07 Å². The Labute approximate surface area is 124 Å². The van der Waals surface area contributed by atoms with E-state index in [-0.39, 0.29) is 12.5 Å². The van der Waals surface area contributed by atoms with Crippen LogP contribution in [0.3, 0.4) is 0 Å². The van der Waals surface area contributed by atoms with Gasteiger partial charge in [0.25, 0.3) is 5.91 Å². The van der Waals surface area contributed by atoms with E-state index in [1.54, 1.807) is 11.3 Å². The lowest BCUT2D eigenvalue weighted by atomic mass is 9.91. The Bertz CT molecular complexity index is 455. The fourth-order valence-electron chi connectivity index (χ4n) is 3.13. The average Bonchev–Trinajstić information content (AvgIpc) is 2.84. The van der Waals surface area contributed by atoms with Gasteiger partial charge in [-0.3, -0.25) is 4.79 Å². The van der Waals surface area contributed by atoms with E-state index < -0.39 is 0 Å². The third-order valence-electron chi connectivity index (χ3n) is 4.54. The van der Waals surface area contributed by atoms with Gasteiger partial charge in [0.05, 0.1) is 4.88 Å². The Kier molecular flexibility index (Phi) is 4.41. The molecule has 1 N–H and O–H groups in total. The highest BCUT2D eigenvalue weighted by atomic mass is 32.1. The molecule has 1 amide bonds. The first-order valence-electron chi connectivity index (χ1n) is 7.83. The summed E-state index contributed by atoms with van der Waals surface area (Å²) >= 11 is 1.70. The second kappa shape index (κ2) is 6.27. The van der Waals surface area contributed by atoms with Crippen molar-refractivity contribution in [3.05, 3.63) is 21.4 Å². The molecule has 0 bridgehead atoms. The van der Waals surface area contributed by atoms with Gasteiger partial charge in [0, 0.05) is 24.1 Å². The number of carbonyl (C=O) groups is 1. The molecule has 1 aromatic heterocycles. The second-order valence-corrected chi connectivity index (χ2v) is 7.06. The molecule has 2 aliphatic rings. The molecular formula is C16H23NO2S. The van der Waals surface area contributed by atoms with Gasteiger partial charge in [-0.1, -0.05) is 0 Å². The second-order valence-electron chi connectivity index (χ2n) is 5.93. The molecule has 110 valence electrons. The van der Waals surface area contributed by atoms with Gasteiger partial charge in [0.15, 0.2) is 0 Å². The molecule has 0 aliphatic heterocycles. The minimum atomic E-state index is 0.164. The third-order valence-corrected chi connectivity index (χ3v) is 5.77. The van der Waals surface area contributed by atoms with Crippen LogP contribution in [0.25, 0.3) is 0 Å². The van der Waals surface area contributed by atoms with Gasteiger partial charge in [0.1, 0.15) is 0 Å². The lowest BCUT2D eigenvalue weighted by Gasteiger charge is -2.37. The lowest BCUT2D eigenvalue weighted by molar-refractivity contribution is 0.0567. The van der Waals surface area contributed by atoms with Gasteiger partial charge in [-0.25, -0.2) is 0 Å². The molecule has 0 saturated heterocycles. The number of carbonyl (C=O) groups excluding carboxylic acids is 1. The van der Waals surface area contributed by atoms with Crippen LogP contribution in [0.1, 0.15) is 58.6 Å². The number of fused-ring (bicyclic) bond motifs is 1. The highest BCUT2D eigenvalue weighted by Crippen LogP contribution is 2.32. The molecule has 0 unspecified atom stereocenters. The van der Waals surface area contributed by atoms with Gasteiger partial charge >= 0.3 is 0 Å². The van der Waals surface area contributed by atoms with Crippen molar-refractivity contribution >= 4 is 17.2 Å². The number of aliphatic hydroxyl groups excluding tert-OH is 1. The molecule has 1 fully saturated rings. The van der Waals surface area contributed by atoms with Crippen molar-refractivity contribution in [1.82, 2.24) is 4.90 Å². The minimum Gasteiger partial charge on any atom is -0.396 e. The van der Waals surface area contributed by atoms with Gasteiger partial charge < -0.3 is 10.0 Å². The summed E-state index contributed by atoms with van der Waals surface area (Å²) in [5.41, 5.74) is 1.40. The third kappa shape index (κ3) is 2.77. The number of hydrogen-bond acceptors (Lipinski definition) is 3. The van der Waals surface area contributed by atoms with E-state index in [2.05, 4.69) is 6.07 Å². The Morgan fingerprint density at radius 2 is 2.10 bits per heavy atom. The Morgan fingerprint density at radius 1 is 1.30 bits per heavy atom. The molecule has 1 saturated carbocycles. The molecule has 1 heterocycles. The molecule has 2 aliphatic carbocycles. The number of aryl methyl sites for hydroxylation is 2. The molecule has 0 aromatic carbocycles. The maximum absolute atomic E-state index is 12.8. The van der Waals surface area contributed by atoms with Gasteiger partial charge in [-0.2, -0.15) is 0 Å². The normalized spacial score (nSPS) is 18.4. The molecule has 3 rings (SSSR count). The zero-order valence-electron chi connectivity index (χ0n) is 11.9. The van der Waals surface area contributed by atoms with Crippen LogP contribution in [0.4, 0.5) is 0 Å². The highest BCUT2D eigenvalue weighted by molar-refractivity contribution is 7.14. The van der Waals surface area contributed by atoms with E-state index >= 15 is 0 Å². The number of nitrogens with zero attached hydrogens (tertiary/aromatic N) is 1. The van der Waals surface area contributed by atoms with Crippen LogP contribution in [-0.2, 0) is 12.8 Å². The molecular weight excluding hydrogens is 270 g/mol. The van der Waals surface area contributed by atoms with Gasteiger partial charge in [-0.15, -0.1) is 11.3 Å². The fourth-order valence-corrected chi connectivity index (χ4v) is 4.34. The SMILES string of the molecule is O=C(c1cc2c(s1)CCCC2)N(CCCO)C1CCC1. The van der Waals surface area contributed by atoms with Crippen molar-refractivity contribution in [3.8, 4) is 0 Å². The summed E-state index contributed by atoms with van der Waals surface area (Å²) in [4.78, 5) is 17.1. The van der Waals surface area contributed by atoms with E-state index in [4.69, 9.17) is 5.11 Å². The molecule has 0 radical (unpaired) electrons. The Hall–Kier alpha value is -0.870. The standard InChI is InChI=1S/C16H23NO2S/c18-10-4-9-17(13-6-3-7-13)16(19)15-11-12-5-1-2-8-14(12)20-15/h11,13,18H,1-10H2. The molecule has 4 heteroatoms. The topological polar surface area (TPSA) is 40.5 Å². The van der Waals surface area contributed by atoms with Crippen LogP contribution in [-0.4, -0.2) is 35.1 Å². The molecule has 0 atom stereocenters. The van der Waals surface area contributed by atoms with Crippen molar-refractivity contribution in [2.45, 2.75) is 57.4 Å². The summed E-state index contributed by atoms with van der Waals surface area (Å²) in [5, 5.41) is 9.04. The van der Waals surface area contributed by atoms with E-state index in [1.165, 1.54) is 29.7 Å². The van der Waals surface area contributed by atoms with Crippen LogP contribution in [0.2, 0.25) is 0 Å². The van der Waals surface area contributed by atoms with E-state index in [1.807, 2.05) is 4.90 Å². The first kappa shape index (κ1) is 14.1.